The normalized spacial score (nSPS) is 8.67. The van der Waals surface area contributed by atoms with E-state index in [4.69, 9.17) is 10.2 Å². The van der Waals surface area contributed by atoms with Crippen molar-refractivity contribution < 1.29 is 10.2 Å². The number of hydrogen-bond donors (Lipinski definition) is 2. The Morgan fingerprint density at radius 3 is 1.58 bits per heavy atom. The summed E-state index contributed by atoms with van der Waals surface area (Å²) in [6.07, 6.45) is 0. The summed E-state index contributed by atoms with van der Waals surface area (Å²) in [7, 11) is 0. The number of aryl methyl sites for hydroxylation is 1. The van der Waals surface area contributed by atoms with Gasteiger partial charge in [-0.25, -0.2) is 0 Å². The zero-order valence-corrected chi connectivity index (χ0v) is 8.05. The monoisotopic (exact) mass is 168 g/mol. The predicted molar refractivity (Wildman–Crippen MR) is 50.6 cm³/mol. The van der Waals surface area contributed by atoms with E-state index in [1.807, 2.05) is 20.8 Å². The van der Waals surface area contributed by atoms with E-state index in [1.54, 1.807) is 19.1 Å². The zero-order chi connectivity index (χ0) is 9.72. The summed E-state index contributed by atoms with van der Waals surface area (Å²) in [5, 5.41) is 18.2. The van der Waals surface area contributed by atoms with Crippen molar-refractivity contribution in [2.75, 3.05) is 0 Å². The number of rotatable bonds is 0. The standard InChI is InChI=1S/C8H10O2.C2H6/c1-5-3-7(9)6(2)8(10)4-5;1-2/h3-4,9-10H,1-2H3;1-2H3. The van der Waals surface area contributed by atoms with Gasteiger partial charge in [0, 0.05) is 5.56 Å². The Hall–Kier alpha value is -1.18. The van der Waals surface area contributed by atoms with Crippen LogP contribution >= 0.6 is 0 Å². The maximum atomic E-state index is 9.12. The quantitative estimate of drug-likeness (QED) is 0.625. The molecule has 1 aromatic rings. The molecule has 0 heterocycles. The van der Waals surface area contributed by atoms with E-state index < -0.39 is 0 Å². The van der Waals surface area contributed by atoms with Crippen molar-refractivity contribution in [2.24, 2.45) is 0 Å². The van der Waals surface area contributed by atoms with Crippen LogP contribution < -0.4 is 0 Å². The summed E-state index contributed by atoms with van der Waals surface area (Å²) in [5.41, 5.74) is 1.39. The number of phenols is 2. The second-order valence-electron chi connectivity index (χ2n) is 2.43. The minimum absolute atomic E-state index is 0.150. The molecule has 1 rings (SSSR count). The van der Waals surface area contributed by atoms with E-state index in [9.17, 15) is 0 Å². The van der Waals surface area contributed by atoms with Crippen LogP contribution in [-0.2, 0) is 0 Å². The Morgan fingerprint density at radius 2 is 1.25 bits per heavy atom. The van der Waals surface area contributed by atoms with E-state index in [1.165, 1.54) is 0 Å². The van der Waals surface area contributed by atoms with Crippen LogP contribution in [0.15, 0.2) is 12.1 Å². The van der Waals surface area contributed by atoms with Crippen molar-refractivity contribution in [1.29, 1.82) is 0 Å². The molecule has 0 bridgehead atoms. The third-order valence-corrected chi connectivity index (χ3v) is 1.50. The average molecular weight is 168 g/mol. The maximum absolute atomic E-state index is 9.12. The second-order valence-corrected chi connectivity index (χ2v) is 2.43. The smallest absolute Gasteiger partial charge is 0.122 e. The molecule has 0 saturated carbocycles. The summed E-state index contributed by atoms with van der Waals surface area (Å²) in [5.74, 6) is 0.301. The molecule has 0 aliphatic heterocycles. The van der Waals surface area contributed by atoms with Gasteiger partial charge in [-0.05, 0) is 31.5 Å². The van der Waals surface area contributed by atoms with E-state index in [0.29, 0.717) is 5.56 Å². The first-order valence-electron chi connectivity index (χ1n) is 4.10. The van der Waals surface area contributed by atoms with Crippen molar-refractivity contribution in [3.63, 3.8) is 0 Å². The van der Waals surface area contributed by atoms with E-state index in [0.717, 1.165) is 5.56 Å². The highest BCUT2D eigenvalue weighted by Crippen LogP contribution is 2.26. The molecule has 0 atom stereocenters. The third kappa shape index (κ3) is 2.46. The fourth-order valence-corrected chi connectivity index (χ4v) is 0.821. The van der Waals surface area contributed by atoms with Gasteiger partial charge in [0.25, 0.3) is 0 Å². The van der Waals surface area contributed by atoms with Gasteiger partial charge in [-0.1, -0.05) is 13.8 Å². The van der Waals surface area contributed by atoms with Gasteiger partial charge in [-0.15, -0.1) is 0 Å². The van der Waals surface area contributed by atoms with E-state index >= 15 is 0 Å². The summed E-state index contributed by atoms with van der Waals surface area (Å²) in [6, 6.07) is 3.24. The fraction of sp³-hybridized carbons (Fsp3) is 0.400. The highest BCUT2D eigenvalue weighted by atomic mass is 16.3. The maximum Gasteiger partial charge on any atom is 0.122 e. The zero-order valence-electron chi connectivity index (χ0n) is 8.05. The number of phenolic OH excluding ortho intramolecular Hbond substituents is 2. The van der Waals surface area contributed by atoms with Crippen molar-refractivity contribution in [3.05, 3.63) is 23.3 Å². The molecule has 0 aromatic heterocycles. The van der Waals surface area contributed by atoms with Gasteiger partial charge in [0.2, 0.25) is 0 Å². The third-order valence-electron chi connectivity index (χ3n) is 1.50. The predicted octanol–water partition coefficient (Wildman–Crippen LogP) is 2.74. The van der Waals surface area contributed by atoms with Gasteiger partial charge in [-0.2, -0.15) is 0 Å². The van der Waals surface area contributed by atoms with Gasteiger partial charge in [0.05, 0.1) is 0 Å². The van der Waals surface area contributed by atoms with Gasteiger partial charge in [0.15, 0.2) is 0 Å². The number of hydrogen-bond acceptors (Lipinski definition) is 2. The fourth-order valence-electron chi connectivity index (χ4n) is 0.821. The van der Waals surface area contributed by atoms with Gasteiger partial charge >= 0.3 is 0 Å². The van der Waals surface area contributed by atoms with Crippen molar-refractivity contribution in [1.82, 2.24) is 0 Å². The molecule has 2 heteroatoms. The molecule has 2 N–H and O–H groups in total. The molecule has 0 saturated heterocycles. The van der Waals surface area contributed by atoms with Crippen molar-refractivity contribution >= 4 is 0 Å². The minimum atomic E-state index is 0.150. The Labute approximate surface area is 73.5 Å². The molecule has 0 aliphatic carbocycles. The van der Waals surface area contributed by atoms with E-state index in [2.05, 4.69) is 0 Å². The molecule has 0 aliphatic rings. The van der Waals surface area contributed by atoms with Crippen LogP contribution in [0.5, 0.6) is 11.5 Å². The van der Waals surface area contributed by atoms with Gasteiger partial charge in [-0.3, -0.25) is 0 Å². The molecule has 0 fully saturated rings. The van der Waals surface area contributed by atoms with Crippen LogP contribution in [0.3, 0.4) is 0 Å². The minimum Gasteiger partial charge on any atom is -0.508 e. The van der Waals surface area contributed by atoms with Crippen LogP contribution in [0.1, 0.15) is 25.0 Å². The first-order chi connectivity index (χ1) is 5.61. The van der Waals surface area contributed by atoms with Crippen LogP contribution in [0.2, 0.25) is 0 Å². The SMILES string of the molecule is CC.Cc1cc(O)c(C)c(O)c1. The topological polar surface area (TPSA) is 40.5 Å². The van der Waals surface area contributed by atoms with Crippen LogP contribution in [0.4, 0.5) is 0 Å². The lowest BCUT2D eigenvalue weighted by molar-refractivity contribution is 0.442. The summed E-state index contributed by atoms with van der Waals surface area (Å²) >= 11 is 0. The molecule has 0 spiro atoms. The highest BCUT2D eigenvalue weighted by Gasteiger charge is 2.01. The molecule has 0 radical (unpaired) electrons. The van der Waals surface area contributed by atoms with Crippen molar-refractivity contribution in [2.45, 2.75) is 27.7 Å². The molecule has 2 nitrogen and oxygen atoms in total. The molecule has 1 aromatic carbocycles. The molecule has 0 amide bonds. The first-order valence-corrected chi connectivity index (χ1v) is 4.10. The largest absolute Gasteiger partial charge is 0.508 e. The van der Waals surface area contributed by atoms with Crippen molar-refractivity contribution in [3.8, 4) is 11.5 Å². The summed E-state index contributed by atoms with van der Waals surface area (Å²) in [6.45, 7) is 7.49. The summed E-state index contributed by atoms with van der Waals surface area (Å²) in [4.78, 5) is 0. The number of aromatic hydroxyl groups is 2. The Morgan fingerprint density at radius 1 is 0.917 bits per heavy atom. The first kappa shape index (κ1) is 10.8. The Bertz CT molecular complexity index is 231. The molecule has 68 valence electrons. The van der Waals surface area contributed by atoms with Crippen LogP contribution in [0.25, 0.3) is 0 Å². The molecule has 0 unspecified atom stereocenters. The average Bonchev–Trinajstić information content (AvgIpc) is 2.04. The lowest BCUT2D eigenvalue weighted by atomic mass is 10.1. The second kappa shape index (κ2) is 4.65. The highest BCUT2D eigenvalue weighted by molar-refractivity contribution is 5.44. The van der Waals surface area contributed by atoms with Gasteiger partial charge in [0.1, 0.15) is 11.5 Å². The van der Waals surface area contributed by atoms with Gasteiger partial charge < -0.3 is 10.2 Å². The summed E-state index contributed by atoms with van der Waals surface area (Å²) < 4.78 is 0. The van der Waals surface area contributed by atoms with E-state index in [-0.39, 0.29) is 11.5 Å². The van der Waals surface area contributed by atoms with Crippen LogP contribution in [0, 0.1) is 13.8 Å². The number of benzene rings is 1. The molecule has 12 heavy (non-hydrogen) atoms. The lowest BCUT2D eigenvalue weighted by Gasteiger charge is -2.01. The Kier molecular flexibility index (Phi) is 4.19. The molecular weight excluding hydrogens is 152 g/mol. The van der Waals surface area contributed by atoms with Crippen LogP contribution in [-0.4, -0.2) is 10.2 Å². The Balaban J connectivity index is 0.000000561. The lowest BCUT2D eigenvalue weighted by Crippen LogP contribution is -1.78. The molecular formula is C10H16O2.